The van der Waals surface area contributed by atoms with Gasteiger partial charge in [0.1, 0.15) is 6.61 Å². The Morgan fingerprint density at radius 3 is 2.81 bits per heavy atom. The first-order valence-corrected chi connectivity index (χ1v) is 10.4. The largest absolute Gasteiger partial charge is 0.465 e. The van der Waals surface area contributed by atoms with E-state index in [1.807, 2.05) is 0 Å². The van der Waals surface area contributed by atoms with Crippen molar-refractivity contribution in [3.05, 3.63) is 24.8 Å². The predicted molar refractivity (Wildman–Crippen MR) is 101 cm³/mol. The molecule has 0 aromatic rings. The number of fused-ring (bicyclic) bond motifs is 5. The molecule has 0 amide bonds. The highest BCUT2D eigenvalue weighted by Gasteiger charge is 2.60. The lowest BCUT2D eigenvalue weighted by atomic mass is 9.45. The molecular formula is C23H32O3. The van der Waals surface area contributed by atoms with E-state index in [0.717, 1.165) is 12.3 Å². The van der Waals surface area contributed by atoms with E-state index in [1.54, 1.807) is 6.08 Å². The fourth-order valence-corrected chi connectivity index (χ4v) is 7.36. The number of carbonyl (C=O) groups is 2. The van der Waals surface area contributed by atoms with Gasteiger partial charge in [-0.1, -0.05) is 19.1 Å². The summed E-state index contributed by atoms with van der Waals surface area (Å²) in [7, 11) is 0. The lowest BCUT2D eigenvalue weighted by molar-refractivity contribution is -0.155. The van der Waals surface area contributed by atoms with E-state index in [4.69, 9.17) is 4.74 Å². The number of esters is 1. The zero-order valence-corrected chi connectivity index (χ0v) is 16.2. The van der Waals surface area contributed by atoms with Crippen molar-refractivity contribution in [2.75, 3.05) is 6.61 Å². The van der Waals surface area contributed by atoms with Gasteiger partial charge in [-0.15, -0.1) is 6.58 Å². The summed E-state index contributed by atoms with van der Waals surface area (Å²) in [6.07, 6.45) is 14.0. The molecule has 0 N–H and O–H groups in total. The smallest absolute Gasteiger partial charge is 0.302 e. The van der Waals surface area contributed by atoms with E-state index in [9.17, 15) is 9.59 Å². The van der Waals surface area contributed by atoms with Gasteiger partial charge < -0.3 is 4.74 Å². The maximum absolute atomic E-state index is 12.1. The molecule has 4 rings (SSSR count). The Balaban J connectivity index is 1.69. The van der Waals surface area contributed by atoms with Gasteiger partial charge >= 0.3 is 5.97 Å². The van der Waals surface area contributed by atoms with Crippen molar-refractivity contribution in [2.24, 2.45) is 40.4 Å². The standard InChI is InChI=1S/C23H32O3/c1-4-16-6-8-20-19-7-5-17-13-18(25)9-12-23(17,14-26-15(2)24)21(19)10-11-22(16,20)3/h4,9,12,16-17,19-21H,1,5-8,10-11,13-14H2,2-3H3/t16-,17-,19-,20-,21-,22+,23+/m0/s1. The van der Waals surface area contributed by atoms with Gasteiger partial charge in [0, 0.05) is 18.8 Å². The Morgan fingerprint density at radius 2 is 2.08 bits per heavy atom. The van der Waals surface area contributed by atoms with Gasteiger partial charge in [-0.25, -0.2) is 0 Å². The Labute approximate surface area is 157 Å². The number of ether oxygens (including phenoxy) is 1. The van der Waals surface area contributed by atoms with Crippen molar-refractivity contribution < 1.29 is 14.3 Å². The zero-order valence-electron chi connectivity index (χ0n) is 16.2. The minimum absolute atomic E-state index is 0.129. The van der Waals surface area contributed by atoms with Gasteiger partial charge in [0.05, 0.1) is 0 Å². The van der Waals surface area contributed by atoms with Crippen LogP contribution in [0.3, 0.4) is 0 Å². The van der Waals surface area contributed by atoms with Gasteiger partial charge in [-0.3, -0.25) is 9.59 Å². The number of hydrogen-bond acceptors (Lipinski definition) is 3. The molecule has 0 aromatic heterocycles. The minimum Gasteiger partial charge on any atom is -0.465 e. The third-order valence-corrected chi connectivity index (χ3v) is 8.65. The Hall–Kier alpha value is -1.38. The van der Waals surface area contributed by atoms with Crippen LogP contribution in [0.15, 0.2) is 24.8 Å². The quantitative estimate of drug-likeness (QED) is 0.543. The minimum atomic E-state index is -0.209. The molecule has 0 unspecified atom stereocenters. The molecule has 4 aliphatic rings. The van der Waals surface area contributed by atoms with Crippen LogP contribution in [-0.2, 0) is 14.3 Å². The van der Waals surface area contributed by atoms with Crippen LogP contribution in [0.1, 0.15) is 58.8 Å². The molecule has 0 aromatic carbocycles. The van der Waals surface area contributed by atoms with Gasteiger partial charge in [-0.2, -0.15) is 0 Å². The monoisotopic (exact) mass is 356 g/mol. The molecule has 0 aliphatic heterocycles. The number of rotatable bonds is 3. The van der Waals surface area contributed by atoms with Crippen LogP contribution in [0.25, 0.3) is 0 Å². The van der Waals surface area contributed by atoms with E-state index >= 15 is 0 Å². The molecule has 0 radical (unpaired) electrons. The van der Waals surface area contributed by atoms with Crippen molar-refractivity contribution in [1.82, 2.24) is 0 Å². The molecule has 0 saturated heterocycles. The molecule has 3 saturated carbocycles. The van der Waals surface area contributed by atoms with Gasteiger partial charge in [0.25, 0.3) is 0 Å². The number of hydrogen-bond donors (Lipinski definition) is 0. The van der Waals surface area contributed by atoms with Gasteiger partial charge in [0.15, 0.2) is 5.78 Å². The fourth-order valence-electron chi connectivity index (χ4n) is 7.36. The van der Waals surface area contributed by atoms with Crippen LogP contribution in [-0.4, -0.2) is 18.4 Å². The zero-order chi connectivity index (χ0) is 18.5. The number of allylic oxidation sites excluding steroid dienone is 2. The average Bonchev–Trinajstić information content (AvgIpc) is 2.96. The molecule has 26 heavy (non-hydrogen) atoms. The normalized spacial score (nSPS) is 46.8. The molecule has 3 fully saturated rings. The molecule has 7 atom stereocenters. The first-order valence-electron chi connectivity index (χ1n) is 10.4. The topological polar surface area (TPSA) is 43.4 Å². The highest BCUT2D eigenvalue weighted by molar-refractivity contribution is 5.91. The third-order valence-electron chi connectivity index (χ3n) is 8.65. The lowest BCUT2D eigenvalue weighted by Crippen LogP contribution is -2.55. The van der Waals surface area contributed by atoms with Crippen molar-refractivity contribution in [2.45, 2.75) is 58.8 Å². The fraction of sp³-hybridized carbons (Fsp3) is 0.739. The molecule has 3 nitrogen and oxygen atoms in total. The number of carbonyl (C=O) groups excluding carboxylic acids is 2. The van der Waals surface area contributed by atoms with Crippen LogP contribution in [0.5, 0.6) is 0 Å². The van der Waals surface area contributed by atoms with E-state index in [2.05, 4.69) is 25.7 Å². The van der Waals surface area contributed by atoms with Gasteiger partial charge in [0.2, 0.25) is 0 Å². The summed E-state index contributed by atoms with van der Waals surface area (Å²) in [6, 6.07) is 0. The first-order chi connectivity index (χ1) is 12.4. The van der Waals surface area contributed by atoms with Crippen molar-refractivity contribution >= 4 is 11.8 Å². The Bertz CT molecular complexity index is 650. The van der Waals surface area contributed by atoms with Crippen LogP contribution < -0.4 is 0 Å². The molecule has 4 aliphatic carbocycles. The van der Waals surface area contributed by atoms with E-state index in [1.165, 1.54) is 39.0 Å². The molecule has 0 spiro atoms. The molecular weight excluding hydrogens is 324 g/mol. The second kappa shape index (κ2) is 6.35. The first kappa shape index (κ1) is 18.0. The second-order valence-corrected chi connectivity index (χ2v) is 9.51. The van der Waals surface area contributed by atoms with Crippen LogP contribution in [0.4, 0.5) is 0 Å². The maximum atomic E-state index is 12.1. The van der Waals surface area contributed by atoms with Gasteiger partial charge in [-0.05, 0) is 79.6 Å². The van der Waals surface area contributed by atoms with Crippen molar-refractivity contribution in [1.29, 1.82) is 0 Å². The summed E-state index contributed by atoms with van der Waals surface area (Å²) >= 11 is 0. The van der Waals surface area contributed by atoms with E-state index in [-0.39, 0.29) is 17.2 Å². The summed E-state index contributed by atoms with van der Waals surface area (Å²) in [5.41, 5.74) is 0.253. The van der Waals surface area contributed by atoms with E-state index < -0.39 is 0 Å². The van der Waals surface area contributed by atoms with Crippen LogP contribution >= 0.6 is 0 Å². The second-order valence-electron chi connectivity index (χ2n) is 9.51. The molecule has 142 valence electrons. The van der Waals surface area contributed by atoms with E-state index in [0.29, 0.717) is 42.1 Å². The third kappa shape index (κ3) is 2.53. The van der Waals surface area contributed by atoms with Crippen molar-refractivity contribution in [3.8, 4) is 0 Å². The summed E-state index contributed by atoms with van der Waals surface area (Å²) in [6.45, 7) is 8.54. The summed E-state index contributed by atoms with van der Waals surface area (Å²) < 4.78 is 5.59. The Kier molecular flexibility index (Phi) is 4.40. The average molecular weight is 357 g/mol. The predicted octanol–water partition coefficient (Wildman–Crippen LogP) is 4.72. The summed E-state index contributed by atoms with van der Waals surface area (Å²) in [5.74, 6) is 2.96. The van der Waals surface area contributed by atoms with Crippen molar-refractivity contribution in [3.63, 3.8) is 0 Å². The highest BCUT2D eigenvalue weighted by atomic mass is 16.5. The van der Waals surface area contributed by atoms with Crippen LogP contribution in [0.2, 0.25) is 0 Å². The summed E-state index contributed by atoms with van der Waals surface area (Å²) in [5, 5.41) is 0. The molecule has 0 bridgehead atoms. The Morgan fingerprint density at radius 1 is 1.27 bits per heavy atom. The van der Waals surface area contributed by atoms with Crippen LogP contribution in [0, 0.1) is 40.4 Å². The maximum Gasteiger partial charge on any atom is 0.302 e. The molecule has 0 heterocycles. The lowest BCUT2D eigenvalue weighted by Gasteiger charge is -2.59. The molecule has 3 heteroatoms. The number of ketones is 1. The summed E-state index contributed by atoms with van der Waals surface area (Å²) in [4.78, 5) is 23.6. The highest BCUT2D eigenvalue weighted by Crippen LogP contribution is 2.66. The SMILES string of the molecule is C=C[C@H]1CC[C@H]2[C@@H]3CC[C@H]4CC(=O)C=C[C@]4(COC(C)=O)[C@H]3CC[C@]12C.